The predicted octanol–water partition coefficient (Wildman–Crippen LogP) is 5.94. The van der Waals surface area contributed by atoms with Gasteiger partial charge in [-0.3, -0.25) is 4.79 Å². The molecule has 0 saturated carbocycles. The molecule has 0 spiro atoms. The van der Waals surface area contributed by atoms with Gasteiger partial charge >= 0.3 is 0 Å². The number of hydrogen-bond donors (Lipinski definition) is 1. The number of rotatable bonds is 9. The van der Waals surface area contributed by atoms with E-state index >= 15 is 0 Å². The lowest BCUT2D eigenvalue weighted by atomic mass is 10.0. The Kier molecular flexibility index (Phi) is 7.53. The summed E-state index contributed by atoms with van der Waals surface area (Å²) in [7, 11) is 0. The first kappa shape index (κ1) is 23.8. The molecule has 0 aliphatic heterocycles. The van der Waals surface area contributed by atoms with Gasteiger partial charge in [-0.25, -0.2) is 0 Å². The third-order valence-corrected chi connectivity index (χ3v) is 6.92. The number of fused-ring (bicyclic) bond motifs is 1. The molecule has 0 atom stereocenters. The molecule has 1 heterocycles. The van der Waals surface area contributed by atoms with Crippen molar-refractivity contribution in [3.8, 4) is 5.75 Å². The Bertz CT molecular complexity index is 1320. The van der Waals surface area contributed by atoms with E-state index in [1.54, 1.807) is 0 Å². The van der Waals surface area contributed by atoms with Crippen LogP contribution in [0.1, 0.15) is 36.4 Å². The Hall–Kier alpha value is -3.32. The molecule has 6 nitrogen and oxygen atoms in total. The summed E-state index contributed by atoms with van der Waals surface area (Å²) in [5.74, 6) is 1.79. The Morgan fingerprint density at radius 2 is 1.85 bits per heavy atom. The maximum atomic E-state index is 12.7. The number of benzene rings is 3. The van der Waals surface area contributed by atoms with Gasteiger partial charge < -0.3 is 14.6 Å². The van der Waals surface area contributed by atoms with E-state index in [0.29, 0.717) is 18.3 Å². The molecule has 1 N–H and O–H groups in total. The summed E-state index contributed by atoms with van der Waals surface area (Å²) in [4.78, 5) is 12.7. The highest BCUT2D eigenvalue weighted by molar-refractivity contribution is 7.99. The molecule has 1 amide bonds. The first-order chi connectivity index (χ1) is 16.5. The predicted molar refractivity (Wildman–Crippen MR) is 139 cm³/mol. The second kappa shape index (κ2) is 10.7. The van der Waals surface area contributed by atoms with Gasteiger partial charge in [-0.15, -0.1) is 10.2 Å². The molecule has 3 aromatic carbocycles. The summed E-state index contributed by atoms with van der Waals surface area (Å²) in [6, 6.07) is 18.4. The van der Waals surface area contributed by atoms with Gasteiger partial charge in [0.05, 0.1) is 5.75 Å². The van der Waals surface area contributed by atoms with Crippen molar-refractivity contribution in [2.45, 2.75) is 52.4 Å². The van der Waals surface area contributed by atoms with Crippen molar-refractivity contribution in [1.29, 1.82) is 0 Å². The van der Waals surface area contributed by atoms with Gasteiger partial charge in [0.25, 0.3) is 0 Å². The number of aryl methyl sites for hydroxylation is 3. The van der Waals surface area contributed by atoms with E-state index in [9.17, 15) is 4.79 Å². The van der Waals surface area contributed by atoms with Gasteiger partial charge in [-0.05, 0) is 60.7 Å². The molecule has 0 aliphatic carbocycles. The first-order valence-electron chi connectivity index (χ1n) is 11.6. The topological polar surface area (TPSA) is 69.0 Å². The average molecular weight is 475 g/mol. The van der Waals surface area contributed by atoms with Crippen LogP contribution in [0.5, 0.6) is 5.75 Å². The summed E-state index contributed by atoms with van der Waals surface area (Å²) in [6.45, 7) is 9.23. The molecule has 0 saturated heterocycles. The van der Waals surface area contributed by atoms with E-state index in [1.165, 1.54) is 22.5 Å². The number of anilines is 1. The minimum atomic E-state index is -0.0516. The van der Waals surface area contributed by atoms with E-state index in [1.807, 2.05) is 54.8 Å². The van der Waals surface area contributed by atoms with E-state index < -0.39 is 0 Å². The summed E-state index contributed by atoms with van der Waals surface area (Å²) in [5.41, 5.74) is 4.22. The highest BCUT2D eigenvalue weighted by atomic mass is 32.2. The smallest absolute Gasteiger partial charge is 0.234 e. The molecule has 0 bridgehead atoms. The Morgan fingerprint density at radius 1 is 1.03 bits per heavy atom. The van der Waals surface area contributed by atoms with E-state index in [2.05, 4.69) is 47.6 Å². The van der Waals surface area contributed by atoms with Gasteiger partial charge in [-0.1, -0.05) is 67.2 Å². The number of nitrogens with one attached hydrogen (secondary N) is 1. The molecule has 7 heteroatoms. The number of thioether (sulfide) groups is 1. The largest absolute Gasteiger partial charge is 0.485 e. The number of amides is 1. The zero-order valence-electron chi connectivity index (χ0n) is 20.1. The van der Waals surface area contributed by atoms with Crippen LogP contribution in [0.15, 0.2) is 59.8 Å². The summed E-state index contributed by atoms with van der Waals surface area (Å²) >= 11 is 1.39. The van der Waals surface area contributed by atoms with E-state index in [-0.39, 0.29) is 11.7 Å². The second-order valence-corrected chi connectivity index (χ2v) is 9.08. The Balaban J connectivity index is 1.41. The zero-order chi connectivity index (χ0) is 24.1. The highest BCUT2D eigenvalue weighted by Crippen LogP contribution is 2.28. The second-order valence-electron chi connectivity index (χ2n) is 8.14. The average Bonchev–Trinajstić information content (AvgIpc) is 3.25. The summed E-state index contributed by atoms with van der Waals surface area (Å²) < 4.78 is 8.12. The quantitative estimate of drug-likeness (QED) is 0.304. The van der Waals surface area contributed by atoms with Crippen molar-refractivity contribution in [2.75, 3.05) is 11.1 Å². The fraction of sp³-hybridized carbons (Fsp3) is 0.296. The van der Waals surface area contributed by atoms with Gasteiger partial charge in [0.1, 0.15) is 12.4 Å². The molecular weight excluding hydrogens is 444 g/mol. The molecule has 4 rings (SSSR count). The molecule has 34 heavy (non-hydrogen) atoms. The lowest BCUT2D eigenvalue weighted by Crippen LogP contribution is -2.17. The maximum absolute atomic E-state index is 12.7. The Morgan fingerprint density at radius 3 is 2.65 bits per heavy atom. The molecular formula is C27H30N4O2S. The summed E-state index contributed by atoms with van der Waals surface area (Å²) in [6.07, 6.45) is 0.870. The van der Waals surface area contributed by atoms with Crippen LogP contribution >= 0.6 is 11.8 Å². The van der Waals surface area contributed by atoms with Crippen LogP contribution in [0.2, 0.25) is 0 Å². The number of nitrogens with zero attached hydrogens (tertiary/aromatic N) is 3. The molecule has 176 valence electrons. The fourth-order valence-electron chi connectivity index (χ4n) is 4.06. The van der Waals surface area contributed by atoms with Crippen molar-refractivity contribution in [3.05, 3.63) is 77.1 Å². The van der Waals surface area contributed by atoms with Crippen molar-refractivity contribution in [3.63, 3.8) is 0 Å². The van der Waals surface area contributed by atoms with Gasteiger partial charge in [-0.2, -0.15) is 0 Å². The zero-order valence-corrected chi connectivity index (χ0v) is 20.9. The number of ether oxygens (including phenoxy) is 1. The standard InChI is InChI=1S/C27H30N4O2S/c1-5-20-12-9-10-18(3)26(20)28-25(32)17-34-27-30-29-24(31(27)6-2)16-33-23-15-14-21-11-7-8-13-22(21)19(23)4/h7-15H,5-6,16-17H2,1-4H3,(H,28,32). The number of carbonyl (C=O) groups excluding carboxylic acids is 1. The monoisotopic (exact) mass is 474 g/mol. The fourth-order valence-corrected chi connectivity index (χ4v) is 4.88. The van der Waals surface area contributed by atoms with Gasteiger partial charge in [0.15, 0.2) is 11.0 Å². The SMILES string of the molecule is CCc1cccc(C)c1NC(=O)CSc1nnc(COc2ccc3ccccc3c2C)n1CC. The van der Waals surface area contributed by atoms with Gasteiger partial charge in [0, 0.05) is 12.2 Å². The minimum Gasteiger partial charge on any atom is -0.485 e. The molecule has 1 aromatic heterocycles. The van der Waals surface area contributed by atoms with Crippen molar-refractivity contribution < 1.29 is 9.53 Å². The van der Waals surface area contributed by atoms with Crippen LogP contribution in [-0.2, 0) is 24.4 Å². The first-order valence-corrected chi connectivity index (χ1v) is 12.5. The number of para-hydroxylation sites is 1. The number of carbonyl (C=O) groups is 1. The van der Waals surface area contributed by atoms with E-state index in [0.717, 1.165) is 40.4 Å². The van der Waals surface area contributed by atoms with E-state index in [4.69, 9.17) is 4.74 Å². The lowest BCUT2D eigenvalue weighted by molar-refractivity contribution is -0.113. The highest BCUT2D eigenvalue weighted by Gasteiger charge is 2.15. The molecule has 4 aromatic rings. The van der Waals surface area contributed by atoms with Crippen LogP contribution in [0, 0.1) is 13.8 Å². The minimum absolute atomic E-state index is 0.0516. The van der Waals surface area contributed by atoms with Crippen molar-refractivity contribution in [2.24, 2.45) is 0 Å². The van der Waals surface area contributed by atoms with Crippen LogP contribution in [0.4, 0.5) is 5.69 Å². The molecule has 0 fully saturated rings. The van der Waals surface area contributed by atoms with Crippen LogP contribution in [0.3, 0.4) is 0 Å². The number of aromatic nitrogens is 3. The summed E-state index contributed by atoms with van der Waals surface area (Å²) in [5, 5.41) is 14.8. The van der Waals surface area contributed by atoms with Crippen LogP contribution in [-0.4, -0.2) is 26.4 Å². The maximum Gasteiger partial charge on any atom is 0.234 e. The van der Waals surface area contributed by atoms with Gasteiger partial charge in [0.2, 0.25) is 5.91 Å². The van der Waals surface area contributed by atoms with Crippen molar-refractivity contribution in [1.82, 2.24) is 14.8 Å². The van der Waals surface area contributed by atoms with Crippen molar-refractivity contribution >= 4 is 34.1 Å². The third kappa shape index (κ3) is 5.09. The molecule has 0 unspecified atom stereocenters. The lowest BCUT2D eigenvalue weighted by Gasteiger charge is -2.13. The third-order valence-electron chi connectivity index (χ3n) is 5.95. The van der Waals surface area contributed by atoms with Crippen LogP contribution < -0.4 is 10.1 Å². The Labute approximate surface area is 204 Å². The van der Waals surface area contributed by atoms with Crippen LogP contribution in [0.25, 0.3) is 10.8 Å². The normalized spacial score (nSPS) is 11.1. The molecule has 0 radical (unpaired) electrons. The number of hydrogen-bond acceptors (Lipinski definition) is 5. The molecule has 0 aliphatic rings.